The first-order valence-corrected chi connectivity index (χ1v) is 9.33. The summed E-state index contributed by atoms with van der Waals surface area (Å²) in [5, 5.41) is 10.6. The predicted molar refractivity (Wildman–Crippen MR) is 105 cm³/mol. The summed E-state index contributed by atoms with van der Waals surface area (Å²) in [5.74, 6) is 0.863. The van der Waals surface area contributed by atoms with Gasteiger partial charge in [0.15, 0.2) is 0 Å². The molecule has 0 saturated carbocycles. The highest BCUT2D eigenvalue weighted by Gasteiger charge is 2.28. The second-order valence-corrected chi connectivity index (χ2v) is 7.06. The zero-order chi connectivity index (χ0) is 19.5. The summed E-state index contributed by atoms with van der Waals surface area (Å²) in [6.07, 6.45) is 4.51. The number of amides is 1. The van der Waals surface area contributed by atoms with E-state index in [-0.39, 0.29) is 17.6 Å². The maximum absolute atomic E-state index is 13.0. The number of aromatic nitrogens is 3. The minimum atomic E-state index is -0.244. The third-order valence-corrected chi connectivity index (χ3v) is 5.17. The molecule has 6 nitrogen and oxygen atoms in total. The summed E-state index contributed by atoms with van der Waals surface area (Å²) in [4.78, 5) is 17.9. The standard InChI is InChI=1S/C21H22FN5O/c1-14(28)27-9-7-17(13-27)21-19(12-25-26-21)16-6-8-23-20(10-16)24-11-15-2-4-18(22)5-3-15/h2-6,8,10,12,17H,7,9,11,13H2,1H3,(H,23,24)(H,25,26)/t17-/m1/s1. The molecule has 7 heteroatoms. The number of hydrogen-bond acceptors (Lipinski definition) is 4. The SMILES string of the molecule is CC(=O)N1CC[C@@H](c2[nH]ncc2-c2ccnc(NCc3ccc(F)cc3)c2)C1. The van der Waals surface area contributed by atoms with Crippen LogP contribution in [0, 0.1) is 5.82 Å². The summed E-state index contributed by atoms with van der Waals surface area (Å²) >= 11 is 0. The fourth-order valence-electron chi connectivity index (χ4n) is 3.61. The van der Waals surface area contributed by atoms with Gasteiger partial charge in [-0.2, -0.15) is 5.10 Å². The fourth-order valence-corrected chi connectivity index (χ4v) is 3.61. The first-order valence-electron chi connectivity index (χ1n) is 9.33. The van der Waals surface area contributed by atoms with Gasteiger partial charge in [0.2, 0.25) is 5.91 Å². The second kappa shape index (κ2) is 7.80. The molecule has 144 valence electrons. The number of carbonyl (C=O) groups is 1. The first-order chi connectivity index (χ1) is 13.6. The van der Waals surface area contributed by atoms with Gasteiger partial charge in [-0.05, 0) is 41.8 Å². The lowest BCUT2D eigenvalue weighted by Crippen LogP contribution is -2.25. The first kappa shape index (κ1) is 18.2. The molecule has 3 aromatic rings. The molecular formula is C21H22FN5O. The third-order valence-electron chi connectivity index (χ3n) is 5.17. The Labute approximate surface area is 162 Å². The number of hydrogen-bond donors (Lipinski definition) is 2. The van der Waals surface area contributed by atoms with E-state index in [1.54, 1.807) is 25.3 Å². The van der Waals surface area contributed by atoms with E-state index in [0.717, 1.165) is 41.2 Å². The molecule has 1 amide bonds. The smallest absolute Gasteiger partial charge is 0.219 e. The van der Waals surface area contributed by atoms with Crippen LogP contribution in [0.25, 0.3) is 11.1 Å². The van der Waals surface area contributed by atoms with E-state index in [4.69, 9.17) is 0 Å². The summed E-state index contributed by atoms with van der Waals surface area (Å²) < 4.78 is 13.0. The fraction of sp³-hybridized carbons (Fsp3) is 0.286. The van der Waals surface area contributed by atoms with Gasteiger partial charge in [0.25, 0.3) is 0 Å². The number of anilines is 1. The van der Waals surface area contributed by atoms with Crippen molar-refractivity contribution in [1.82, 2.24) is 20.1 Å². The van der Waals surface area contributed by atoms with Crippen LogP contribution in [-0.2, 0) is 11.3 Å². The molecule has 4 rings (SSSR count). The van der Waals surface area contributed by atoms with Crippen LogP contribution < -0.4 is 5.32 Å². The molecule has 0 radical (unpaired) electrons. The maximum atomic E-state index is 13.0. The summed E-state index contributed by atoms with van der Waals surface area (Å²) in [6, 6.07) is 10.3. The lowest BCUT2D eigenvalue weighted by molar-refractivity contribution is -0.127. The van der Waals surface area contributed by atoms with E-state index >= 15 is 0 Å². The highest BCUT2D eigenvalue weighted by Crippen LogP contribution is 2.33. The van der Waals surface area contributed by atoms with E-state index < -0.39 is 0 Å². The average molecular weight is 379 g/mol. The molecule has 28 heavy (non-hydrogen) atoms. The number of rotatable bonds is 5. The van der Waals surface area contributed by atoms with Gasteiger partial charge in [-0.1, -0.05) is 12.1 Å². The van der Waals surface area contributed by atoms with Gasteiger partial charge in [-0.15, -0.1) is 0 Å². The third kappa shape index (κ3) is 3.88. The molecule has 0 bridgehead atoms. The van der Waals surface area contributed by atoms with E-state index in [0.29, 0.717) is 13.1 Å². The molecule has 3 heterocycles. The topological polar surface area (TPSA) is 73.9 Å². The Kier molecular flexibility index (Phi) is 5.06. The van der Waals surface area contributed by atoms with Crippen molar-refractivity contribution in [3.05, 3.63) is 65.9 Å². The summed E-state index contributed by atoms with van der Waals surface area (Å²) in [5.41, 5.74) is 4.08. The maximum Gasteiger partial charge on any atom is 0.219 e. The van der Waals surface area contributed by atoms with Crippen molar-refractivity contribution in [1.29, 1.82) is 0 Å². The van der Waals surface area contributed by atoms with E-state index in [1.807, 2.05) is 23.2 Å². The Bertz CT molecular complexity index is 969. The highest BCUT2D eigenvalue weighted by molar-refractivity contribution is 5.74. The average Bonchev–Trinajstić information content (AvgIpc) is 3.37. The van der Waals surface area contributed by atoms with Crippen molar-refractivity contribution >= 4 is 11.7 Å². The van der Waals surface area contributed by atoms with E-state index in [9.17, 15) is 9.18 Å². The van der Waals surface area contributed by atoms with Crippen molar-refractivity contribution in [2.24, 2.45) is 0 Å². The Morgan fingerprint density at radius 1 is 1.32 bits per heavy atom. The van der Waals surface area contributed by atoms with Gasteiger partial charge in [0.05, 0.1) is 6.20 Å². The van der Waals surface area contributed by atoms with Crippen LogP contribution in [0.4, 0.5) is 10.2 Å². The zero-order valence-electron chi connectivity index (χ0n) is 15.7. The van der Waals surface area contributed by atoms with Crippen LogP contribution >= 0.6 is 0 Å². The normalized spacial score (nSPS) is 16.4. The Hall–Kier alpha value is -3.22. The summed E-state index contributed by atoms with van der Waals surface area (Å²) in [6.45, 7) is 3.66. The molecule has 1 atom stereocenters. The quantitative estimate of drug-likeness (QED) is 0.711. The zero-order valence-corrected chi connectivity index (χ0v) is 15.7. The van der Waals surface area contributed by atoms with Gasteiger partial charge < -0.3 is 10.2 Å². The number of H-pyrrole nitrogens is 1. The van der Waals surface area contributed by atoms with Crippen LogP contribution in [0.15, 0.2) is 48.8 Å². The van der Waals surface area contributed by atoms with E-state index in [2.05, 4.69) is 20.5 Å². The Balaban J connectivity index is 1.50. The van der Waals surface area contributed by atoms with Gasteiger partial charge in [0.1, 0.15) is 11.6 Å². The number of nitrogens with zero attached hydrogens (tertiary/aromatic N) is 3. The van der Waals surface area contributed by atoms with Crippen LogP contribution in [0.1, 0.15) is 30.5 Å². The number of aromatic amines is 1. The molecule has 1 aliphatic heterocycles. The number of halogens is 1. The lowest BCUT2D eigenvalue weighted by Gasteiger charge is -2.14. The molecule has 0 aliphatic carbocycles. The molecular weight excluding hydrogens is 357 g/mol. The number of pyridine rings is 1. The molecule has 1 fully saturated rings. The highest BCUT2D eigenvalue weighted by atomic mass is 19.1. The van der Waals surface area contributed by atoms with Crippen molar-refractivity contribution in [3.8, 4) is 11.1 Å². The van der Waals surface area contributed by atoms with Crippen LogP contribution in [0.2, 0.25) is 0 Å². The van der Waals surface area contributed by atoms with E-state index in [1.165, 1.54) is 12.1 Å². The molecule has 1 aromatic carbocycles. The molecule has 2 aromatic heterocycles. The van der Waals surface area contributed by atoms with Crippen molar-refractivity contribution < 1.29 is 9.18 Å². The molecule has 1 aliphatic rings. The number of likely N-dealkylation sites (tertiary alicyclic amines) is 1. The van der Waals surface area contributed by atoms with Crippen LogP contribution in [0.3, 0.4) is 0 Å². The monoisotopic (exact) mass is 379 g/mol. The van der Waals surface area contributed by atoms with Gasteiger partial charge in [0, 0.05) is 49.9 Å². The van der Waals surface area contributed by atoms with Crippen LogP contribution in [-0.4, -0.2) is 39.1 Å². The molecule has 1 saturated heterocycles. The molecule has 0 unspecified atom stereocenters. The van der Waals surface area contributed by atoms with Crippen molar-refractivity contribution in [2.45, 2.75) is 25.8 Å². The largest absolute Gasteiger partial charge is 0.366 e. The minimum absolute atomic E-state index is 0.111. The minimum Gasteiger partial charge on any atom is -0.366 e. The number of benzene rings is 1. The van der Waals surface area contributed by atoms with Crippen LogP contribution in [0.5, 0.6) is 0 Å². The van der Waals surface area contributed by atoms with Crippen molar-refractivity contribution in [3.63, 3.8) is 0 Å². The molecule has 2 N–H and O–H groups in total. The number of carbonyl (C=O) groups excluding carboxylic acids is 1. The lowest BCUT2D eigenvalue weighted by atomic mass is 9.97. The number of nitrogens with one attached hydrogen (secondary N) is 2. The second-order valence-electron chi connectivity index (χ2n) is 7.06. The van der Waals surface area contributed by atoms with Gasteiger partial charge in [-0.25, -0.2) is 9.37 Å². The van der Waals surface area contributed by atoms with Gasteiger partial charge in [-0.3, -0.25) is 9.89 Å². The van der Waals surface area contributed by atoms with Gasteiger partial charge >= 0.3 is 0 Å². The Morgan fingerprint density at radius 2 is 2.14 bits per heavy atom. The summed E-state index contributed by atoms with van der Waals surface area (Å²) in [7, 11) is 0. The molecule has 0 spiro atoms. The van der Waals surface area contributed by atoms with Crippen molar-refractivity contribution in [2.75, 3.05) is 18.4 Å². The predicted octanol–water partition coefficient (Wildman–Crippen LogP) is 3.56. The Morgan fingerprint density at radius 3 is 2.89 bits per heavy atom.